The second-order valence-corrected chi connectivity index (χ2v) is 14.7. The molecule has 42 heavy (non-hydrogen) atoms. The highest BCUT2D eigenvalue weighted by Crippen LogP contribution is 2.41. The Hall–Kier alpha value is -3.24. The molecule has 0 saturated heterocycles. The highest BCUT2D eigenvalue weighted by atomic mass is 32.2. The van der Waals surface area contributed by atoms with Crippen LogP contribution < -0.4 is 5.32 Å². The van der Waals surface area contributed by atoms with E-state index in [9.17, 15) is 18.0 Å². The molecule has 2 aromatic carbocycles. The molecule has 1 aromatic heterocycles. The fraction of sp³-hybridized carbons (Fsp3) is 0.469. The van der Waals surface area contributed by atoms with E-state index >= 15 is 0 Å². The molecule has 0 bridgehead atoms. The number of nitrogens with one attached hydrogen (secondary N) is 1. The number of rotatable bonds is 10. The normalized spacial score (nSPS) is 18.1. The lowest BCUT2D eigenvalue weighted by Gasteiger charge is -2.28. The quantitative estimate of drug-likeness (QED) is 0.245. The summed E-state index contributed by atoms with van der Waals surface area (Å²) in [5, 5.41) is 3.12. The largest absolute Gasteiger partial charge is 0.463 e. The van der Waals surface area contributed by atoms with Crippen LogP contribution in [0.3, 0.4) is 0 Å². The SMILES string of the molecule is CC(C)OC(=O)Cc1ccc(-c2cnc(C3CCC(NC(=O)OC(C)C)CC3)s2)c(S(=O)(=O)C(C)c2ccccc2)c1. The molecule has 0 aliphatic heterocycles. The molecule has 1 amide bonds. The molecular weight excluding hydrogens is 572 g/mol. The van der Waals surface area contributed by atoms with E-state index in [1.165, 1.54) is 11.3 Å². The van der Waals surface area contributed by atoms with Crippen LogP contribution in [-0.2, 0) is 30.5 Å². The molecule has 1 fully saturated rings. The van der Waals surface area contributed by atoms with Crippen LogP contribution in [0.2, 0.25) is 0 Å². The van der Waals surface area contributed by atoms with Gasteiger partial charge in [-0.15, -0.1) is 11.3 Å². The van der Waals surface area contributed by atoms with Gasteiger partial charge in [0, 0.05) is 23.7 Å². The van der Waals surface area contributed by atoms with Gasteiger partial charge in [0.15, 0.2) is 9.84 Å². The molecule has 1 N–H and O–H groups in total. The Labute approximate surface area is 252 Å². The second kappa shape index (κ2) is 13.8. The van der Waals surface area contributed by atoms with Crippen LogP contribution in [0.25, 0.3) is 10.4 Å². The van der Waals surface area contributed by atoms with Crippen molar-refractivity contribution in [2.75, 3.05) is 0 Å². The molecule has 4 rings (SSSR count). The Kier molecular flexibility index (Phi) is 10.4. The predicted molar refractivity (Wildman–Crippen MR) is 164 cm³/mol. The van der Waals surface area contributed by atoms with Gasteiger partial charge in [0.25, 0.3) is 0 Å². The van der Waals surface area contributed by atoms with Crippen LogP contribution in [0.15, 0.2) is 59.6 Å². The van der Waals surface area contributed by atoms with Gasteiger partial charge in [-0.3, -0.25) is 4.79 Å². The van der Waals surface area contributed by atoms with Crippen molar-refractivity contribution in [3.05, 3.63) is 70.9 Å². The van der Waals surface area contributed by atoms with Gasteiger partial charge in [-0.1, -0.05) is 42.5 Å². The summed E-state index contributed by atoms with van der Waals surface area (Å²) in [4.78, 5) is 30.0. The fourth-order valence-corrected chi connectivity index (χ4v) is 8.07. The third-order valence-electron chi connectivity index (χ3n) is 7.33. The number of amides is 1. The fourth-order valence-electron chi connectivity index (χ4n) is 5.18. The maximum atomic E-state index is 14.1. The minimum absolute atomic E-state index is 0.0172. The second-order valence-electron chi connectivity index (χ2n) is 11.4. The van der Waals surface area contributed by atoms with E-state index in [4.69, 9.17) is 14.5 Å². The lowest BCUT2D eigenvalue weighted by atomic mass is 9.86. The van der Waals surface area contributed by atoms with Gasteiger partial charge < -0.3 is 14.8 Å². The number of aromatic nitrogens is 1. The van der Waals surface area contributed by atoms with Gasteiger partial charge in [0.1, 0.15) is 0 Å². The van der Waals surface area contributed by atoms with E-state index in [0.29, 0.717) is 16.7 Å². The number of hydrogen-bond acceptors (Lipinski definition) is 8. The maximum absolute atomic E-state index is 14.1. The number of carbonyl (C=O) groups excluding carboxylic acids is 2. The van der Waals surface area contributed by atoms with Crippen molar-refractivity contribution in [3.63, 3.8) is 0 Å². The lowest BCUT2D eigenvalue weighted by Crippen LogP contribution is -2.38. The molecule has 226 valence electrons. The molecule has 0 spiro atoms. The van der Waals surface area contributed by atoms with Gasteiger partial charge in [-0.25, -0.2) is 18.2 Å². The van der Waals surface area contributed by atoms with Crippen molar-refractivity contribution < 1.29 is 27.5 Å². The number of ether oxygens (including phenoxy) is 2. The van der Waals surface area contributed by atoms with Crippen molar-refractivity contribution in [2.24, 2.45) is 0 Å². The number of hydrogen-bond donors (Lipinski definition) is 1. The minimum Gasteiger partial charge on any atom is -0.463 e. The van der Waals surface area contributed by atoms with E-state index in [1.54, 1.807) is 45.2 Å². The van der Waals surface area contributed by atoms with Crippen LogP contribution in [0.5, 0.6) is 0 Å². The summed E-state index contributed by atoms with van der Waals surface area (Å²) in [6, 6.07) is 14.4. The molecule has 1 atom stereocenters. The van der Waals surface area contributed by atoms with Gasteiger partial charge in [0.05, 0.1) is 38.7 Å². The zero-order valence-corrected chi connectivity index (χ0v) is 26.5. The smallest absolute Gasteiger partial charge is 0.407 e. The van der Waals surface area contributed by atoms with Crippen molar-refractivity contribution in [1.29, 1.82) is 0 Å². The summed E-state index contributed by atoms with van der Waals surface area (Å²) >= 11 is 1.50. The number of carbonyl (C=O) groups is 2. The topological polar surface area (TPSA) is 112 Å². The van der Waals surface area contributed by atoms with Gasteiger partial charge in [0.2, 0.25) is 0 Å². The van der Waals surface area contributed by atoms with Gasteiger partial charge in [-0.05, 0) is 77.5 Å². The summed E-state index contributed by atoms with van der Waals surface area (Å²) in [6.07, 6.45) is 4.30. The number of thiazole rings is 1. The predicted octanol–water partition coefficient (Wildman–Crippen LogP) is 7.00. The van der Waals surface area contributed by atoms with Crippen molar-refractivity contribution in [2.45, 2.75) is 101 Å². The summed E-state index contributed by atoms with van der Waals surface area (Å²) in [5.74, 6) is -0.170. The van der Waals surface area contributed by atoms with Crippen LogP contribution in [-0.4, -0.2) is 43.7 Å². The highest BCUT2D eigenvalue weighted by Gasteiger charge is 2.30. The molecule has 1 saturated carbocycles. The molecule has 3 aromatic rings. The lowest BCUT2D eigenvalue weighted by molar-refractivity contribution is -0.146. The molecule has 1 aliphatic rings. The van der Waals surface area contributed by atoms with Gasteiger partial charge >= 0.3 is 12.1 Å². The van der Waals surface area contributed by atoms with E-state index in [1.807, 2.05) is 44.2 Å². The van der Waals surface area contributed by atoms with E-state index < -0.39 is 21.1 Å². The van der Waals surface area contributed by atoms with Crippen LogP contribution in [0.4, 0.5) is 4.79 Å². The molecule has 1 unspecified atom stereocenters. The first-order valence-electron chi connectivity index (χ1n) is 14.5. The average molecular weight is 613 g/mol. The van der Waals surface area contributed by atoms with E-state index in [-0.39, 0.29) is 41.6 Å². The molecule has 1 heterocycles. The molecule has 0 radical (unpaired) electrons. The average Bonchev–Trinajstić information content (AvgIpc) is 3.43. The number of sulfone groups is 1. The van der Waals surface area contributed by atoms with Gasteiger partial charge in [-0.2, -0.15) is 0 Å². The van der Waals surface area contributed by atoms with Crippen LogP contribution in [0, 0.1) is 0 Å². The number of nitrogens with zero attached hydrogens (tertiary/aromatic N) is 1. The zero-order chi connectivity index (χ0) is 30.4. The Morgan fingerprint density at radius 2 is 1.62 bits per heavy atom. The van der Waals surface area contributed by atoms with Crippen LogP contribution in [0.1, 0.15) is 87.6 Å². The van der Waals surface area contributed by atoms with E-state index in [0.717, 1.165) is 35.6 Å². The summed E-state index contributed by atoms with van der Waals surface area (Å²) in [5.41, 5.74) is 1.85. The molecule has 1 aliphatic carbocycles. The summed E-state index contributed by atoms with van der Waals surface area (Å²) in [6.45, 7) is 8.90. The first-order chi connectivity index (χ1) is 19.9. The minimum atomic E-state index is -3.82. The third kappa shape index (κ3) is 7.98. The van der Waals surface area contributed by atoms with Crippen LogP contribution >= 0.6 is 11.3 Å². The van der Waals surface area contributed by atoms with E-state index in [2.05, 4.69) is 5.32 Å². The standard InChI is InChI=1S/C32H40N2O6S2/c1-20(2)39-30(35)18-23-11-16-27(29(17-23)42(37,38)22(5)24-9-7-6-8-10-24)28-19-33-31(41-28)25-12-14-26(15-13-25)34-32(36)40-21(3)4/h6-11,16-17,19-22,25-26H,12-15,18H2,1-5H3,(H,34,36). The van der Waals surface area contributed by atoms with Crippen molar-refractivity contribution in [3.8, 4) is 10.4 Å². The maximum Gasteiger partial charge on any atom is 0.407 e. The third-order valence-corrected chi connectivity index (χ3v) is 10.7. The highest BCUT2D eigenvalue weighted by molar-refractivity contribution is 7.91. The summed E-state index contributed by atoms with van der Waals surface area (Å²) < 4.78 is 38.6. The number of esters is 1. The number of benzene rings is 2. The first-order valence-corrected chi connectivity index (χ1v) is 16.8. The van der Waals surface area contributed by atoms with Crippen molar-refractivity contribution >= 4 is 33.2 Å². The zero-order valence-electron chi connectivity index (χ0n) is 24.8. The number of alkyl carbamates (subject to hydrolysis) is 1. The van der Waals surface area contributed by atoms with Crippen molar-refractivity contribution in [1.82, 2.24) is 10.3 Å². The monoisotopic (exact) mass is 612 g/mol. The molecule has 8 nitrogen and oxygen atoms in total. The summed E-state index contributed by atoms with van der Waals surface area (Å²) in [7, 11) is -3.82. The Morgan fingerprint density at radius 3 is 2.26 bits per heavy atom. The Bertz CT molecular complexity index is 1480. The Balaban J connectivity index is 1.59. The molecule has 10 heteroatoms. The molecular formula is C32H40N2O6S2. The first kappa shape index (κ1) is 31.7. The Morgan fingerprint density at radius 1 is 0.952 bits per heavy atom.